The van der Waals surface area contributed by atoms with Crippen LogP contribution < -0.4 is 14.4 Å². The van der Waals surface area contributed by atoms with Gasteiger partial charge in [0.2, 0.25) is 0 Å². The molecule has 8 heteroatoms. The van der Waals surface area contributed by atoms with E-state index < -0.39 is 5.97 Å². The van der Waals surface area contributed by atoms with Crippen LogP contribution in [0.2, 0.25) is 0 Å². The Morgan fingerprint density at radius 2 is 2.16 bits per heavy atom. The first-order valence-electron chi connectivity index (χ1n) is 9.93. The molecule has 1 aliphatic heterocycles. The second-order valence-corrected chi connectivity index (χ2v) is 7.08. The Labute approximate surface area is 180 Å². The average molecular weight is 421 g/mol. The number of hydrogen-bond donors (Lipinski definition) is 1. The number of aromatic carboxylic acids is 1. The summed E-state index contributed by atoms with van der Waals surface area (Å²) in [6, 6.07) is 14.2. The topological polar surface area (TPSA) is 94.0 Å². The predicted molar refractivity (Wildman–Crippen MR) is 114 cm³/mol. The van der Waals surface area contributed by atoms with Crippen molar-refractivity contribution in [2.45, 2.75) is 19.1 Å². The van der Waals surface area contributed by atoms with Gasteiger partial charge >= 0.3 is 5.97 Å². The number of anilines is 2. The summed E-state index contributed by atoms with van der Waals surface area (Å²) in [6.45, 7) is 1.61. The monoisotopic (exact) mass is 421 g/mol. The number of ether oxygens (including phenoxy) is 3. The largest absolute Gasteiger partial charge is 0.491 e. The lowest BCUT2D eigenvalue weighted by Crippen LogP contribution is -2.20. The third-order valence-corrected chi connectivity index (χ3v) is 4.94. The van der Waals surface area contributed by atoms with E-state index in [1.165, 1.54) is 0 Å². The Morgan fingerprint density at radius 3 is 2.87 bits per heavy atom. The number of nitrogens with zero attached hydrogens (tertiary/aromatic N) is 3. The predicted octanol–water partition coefficient (Wildman–Crippen LogP) is 3.69. The van der Waals surface area contributed by atoms with E-state index in [4.69, 9.17) is 19.2 Å². The molecule has 1 fully saturated rings. The molecule has 0 radical (unpaired) electrons. The van der Waals surface area contributed by atoms with E-state index in [1.807, 2.05) is 29.2 Å². The molecule has 0 amide bonds. The van der Waals surface area contributed by atoms with Crippen LogP contribution in [0.25, 0.3) is 0 Å². The Morgan fingerprint density at radius 1 is 1.26 bits per heavy atom. The first-order chi connectivity index (χ1) is 15.1. The van der Waals surface area contributed by atoms with Crippen LogP contribution in [0.15, 0.2) is 60.9 Å². The highest BCUT2D eigenvalue weighted by molar-refractivity contribution is 5.89. The van der Waals surface area contributed by atoms with Crippen molar-refractivity contribution in [2.24, 2.45) is 0 Å². The number of aromatic nitrogens is 2. The molecule has 8 nitrogen and oxygen atoms in total. The third kappa shape index (κ3) is 4.92. The molecule has 1 atom stereocenters. The number of carbonyl (C=O) groups is 1. The molecule has 0 spiro atoms. The number of carboxylic acids is 1. The minimum Gasteiger partial charge on any atom is -0.491 e. The zero-order valence-electron chi connectivity index (χ0n) is 17.1. The Hall–Kier alpha value is -3.65. The summed E-state index contributed by atoms with van der Waals surface area (Å²) < 4.78 is 16.9. The fourth-order valence-electron chi connectivity index (χ4n) is 3.36. The fraction of sp³-hybridized carbons (Fsp3) is 0.261. The highest BCUT2D eigenvalue weighted by atomic mass is 16.6. The Bertz CT molecular complexity index is 1040. The molecule has 0 aliphatic carbocycles. The second-order valence-electron chi connectivity index (χ2n) is 7.08. The van der Waals surface area contributed by atoms with Crippen molar-refractivity contribution in [1.82, 2.24) is 9.97 Å². The van der Waals surface area contributed by atoms with Crippen molar-refractivity contribution < 1.29 is 24.1 Å². The van der Waals surface area contributed by atoms with E-state index in [0.29, 0.717) is 42.9 Å². The summed E-state index contributed by atoms with van der Waals surface area (Å²) in [4.78, 5) is 22.3. The number of pyridine rings is 2. The molecular formula is C23H23N3O5. The Kier molecular flexibility index (Phi) is 6.28. The minimum atomic E-state index is -0.990. The molecule has 3 heterocycles. The van der Waals surface area contributed by atoms with Crippen molar-refractivity contribution in [1.29, 1.82) is 0 Å². The maximum atomic E-state index is 11.5. The molecule has 4 rings (SSSR count). The van der Waals surface area contributed by atoms with Gasteiger partial charge in [0, 0.05) is 24.5 Å². The SMILES string of the molecule is COc1ccc(N(Cc2cccnc2)c2cccc(C(=O)O)c2)nc1O[C@@H]1CCOC1. The third-order valence-electron chi connectivity index (χ3n) is 4.94. The smallest absolute Gasteiger partial charge is 0.335 e. The molecular weight excluding hydrogens is 398 g/mol. The van der Waals surface area contributed by atoms with E-state index in [9.17, 15) is 9.90 Å². The standard InChI is InChI=1S/C23H23N3O5/c1-29-20-7-8-21(25-22(20)31-19-9-11-30-15-19)26(14-16-4-3-10-24-13-16)18-6-2-5-17(12-18)23(27)28/h2-8,10,12-13,19H,9,11,14-15H2,1H3,(H,27,28)/t19-/m1/s1. The summed E-state index contributed by atoms with van der Waals surface area (Å²) in [5, 5.41) is 9.43. The Balaban J connectivity index is 1.73. The molecule has 160 valence electrons. The van der Waals surface area contributed by atoms with Crippen molar-refractivity contribution in [3.8, 4) is 11.6 Å². The summed E-state index contributed by atoms with van der Waals surface area (Å²) in [5.74, 6) is 0.509. The quantitative estimate of drug-likeness (QED) is 0.589. The van der Waals surface area contributed by atoms with Crippen LogP contribution in [0, 0.1) is 0 Å². The number of rotatable bonds is 8. The summed E-state index contributed by atoms with van der Waals surface area (Å²) >= 11 is 0. The molecule has 1 N–H and O–H groups in total. The lowest BCUT2D eigenvalue weighted by atomic mass is 10.1. The van der Waals surface area contributed by atoms with Gasteiger partial charge in [-0.05, 0) is 42.0 Å². The van der Waals surface area contributed by atoms with Crippen molar-refractivity contribution in [3.05, 3.63) is 72.1 Å². The van der Waals surface area contributed by atoms with Crippen LogP contribution in [-0.2, 0) is 11.3 Å². The number of hydrogen-bond acceptors (Lipinski definition) is 7. The van der Waals surface area contributed by atoms with Crippen LogP contribution in [0.5, 0.6) is 11.6 Å². The second kappa shape index (κ2) is 9.44. The molecule has 3 aromatic rings. The minimum absolute atomic E-state index is 0.0845. The van der Waals surface area contributed by atoms with Crippen LogP contribution in [0.3, 0.4) is 0 Å². The van der Waals surface area contributed by atoms with Gasteiger partial charge < -0.3 is 24.2 Å². The van der Waals surface area contributed by atoms with Crippen molar-refractivity contribution >= 4 is 17.5 Å². The molecule has 0 unspecified atom stereocenters. The molecule has 1 saturated heterocycles. The highest BCUT2D eigenvalue weighted by Gasteiger charge is 2.22. The molecule has 0 bridgehead atoms. The van der Waals surface area contributed by atoms with E-state index >= 15 is 0 Å². The number of carboxylic acid groups (broad SMARTS) is 1. The molecule has 2 aromatic heterocycles. The van der Waals surface area contributed by atoms with Crippen LogP contribution in [0.1, 0.15) is 22.3 Å². The maximum Gasteiger partial charge on any atom is 0.335 e. The molecule has 31 heavy (non-hydrogen) atoms. The van der Waals surface area contributed by atoms with Gasteiger partial charge in [-0.1, -0.05) is 12.1 Å². The first kappa shape index (κ1) is 20.6. The molecule has 1 aromatic carbocycles. The van der Waals surface area contributed by atoms with Gasteiger partial charge in [0.25, 0.3) is 5.88 Å². The van der Waals surface area contributed by atoms with Gasteiger partial charge in [0.1, 0.15) is 11.9 Å². The van der Waals surface area contributed by atoms with Gasteiger partial charge in [0.15, 0.2) is 5.75 Å². The van der Waals surface area contributed by atoms with E-state index in [2.05, 4.69) is 4.98 Å². The lowest BCUT2D eigenvalue weighted by molar-refractivity contribution is 0.0697. The van der Waals surface area contributed by atoms with E-state index in [1.54, 1.807) is 43.8 Å². The normalized spacial score (nSPS) is 15.5. The van der Waals surface area contributed by atoms with Gasteiger partial charge in [-0.15, -0.1) is 0 Å². The van der Waals surface area contributed by atoms with Gasteiger partial charge in [-0.3, -0.25) is 4.98 Å². The van der Waals surface area contributed by atoms with Gasteiger partial charge in [-0.2, -0.15) is 4.98 Å². The number of methoxy groups -OCH3 is 1. The van der Waals surface area contributed by atoms with Crippen LogP contribution >= 0.6 is 0 Å². The van der Waals surface area contributed by atoms with Crippen LogP contribution in [-0.4, -0.2) is 47.5 Å². The zero-order valence-corrected chi connectivity index (χ0v) is 17.1. The maximum absolute atomic E-state index is 11.5. The van der Waals surface area contributed by atoms with Gasteiger partial charge in [0.05, 0.1) is 32.4 Å². The molecule has 0 saturated carbocycles. The fourth-order valence-corrected chi connectivity index (χ4v) is 3.36. The van der Waals surface area contributed by atoms with Crippen molar-refractivity contribution in [2.75, 3.05) is 25.2 Å². The van der Waals surface area contributed by atoms with Crippen molar-refractivity contribution in [3.63, 3.8) is 0 Å². The zero-order chi connectivity index (χ0) is 21.6. The lowest BCUT2D eigenvalue weighted by Gasteiger charge is -2.25. The summed E-state index contributed by atoms with van der Waals surface area (Å²) in [5.41, 5.74) is 1.84. The highest BCUT2D eigenvalue weighted by Crippen LogP contribution is 2.33. The number of benzene rings is 1. The van der Waals surface area contributed by atoms with Crippen LogP contribution in [0.4, 0.5) is 11.5 Å². The molecule has 1 aliphatic rings. The summed E-state index contributed by atoms with van der Waals surface area (Å²) in [7, 11) is 1.57. The van der Waals surface area contributed by atoms with Gasteiger partial charge in [-0.25, -0.2) is 4.79 Å². The van der Waals surface area contributed by atoms with E-state index in [-0.39, 0.29) is 11.7 Å². The first-order valence-corrected chi connectivity index (χ1v) is 9.93. The average Bonchev–Trinajstić information content (AvgIpc) is 3.31. The summed E-state index contributed by atoms with van der Waals surface area (Å²) in [6.07, 6.45) is 4.18. The van der Waals surface area contributed by atoms with E-state index in [0.717, 1.165) is 12.0 Å².